The molecule has 1 aliphatic carbocycles. The molecule has 1 aromatic carbocycles. The van der Waals surface area contributed by atoms with E-state index in [-0.39, 0.29) is 5.41 Å². The molecule has 15 heavy (non-hydrogen) atoms. The van der Waals surface area contributed by atoms with Crippen molar-refractivity contribution in [2.24, 2.45) is 0 Å². The summed E-state index contributed by atoms with van der Waals surface area (Å²) in [5.74, 6) is 0. The molecule has 1 nitrogen and oxygen atoms in total. The average Bonchev–Trinajstić information content (AvgIpc) is 2.98. The molecule has 0 spiro atoms. The molecule has 0 saturated heterocycles. The molecular weight excluding hydrogens is 250 g/mol. The second kappa shape index (κ2) is 3.60. The van der Waals surface area contributed by atoms with E-state index in [1.54, 1.807) is 0 Å². The fourth-order valence-electron chi connectivity index (χ4n) is 2.54. The highest BCUT2D eigenvalue weighted by molar-refractivity contribution is 9.10. The number of likely N-dealkylation sites (N-methyl/N-ethyl adjacent to an activating group) is 1. The van der Waals surface area contributed by atoms with Crippen molar-refractivity contribution < 1.29 is 0 Å². The fourth-order valence-corrected chi connectivity index (χ4v) is 3.32. The molecule has 0 aromatic heterocycles. The zero-order valence-corrected chi connectivity index (χ0v) is 11.2. The first-order valence-corrected chi connectivity index (χ1v) is 6.27. The third-order valence-corrected chi connectivity index (χ3v) is 4.66. The van der Waals surface area contributed by atoms with Gasteiger partial charge in [0.2, 0.25) is 0 Å². The summed E-state index contributed by atoms with van der Waals surface area (Å²) in [6.07, 6.45) is 2.55. The van der Waals surface area contributed by atoms with Gasteiger partial charge in [0.25, 0.3) is 0 Å². The smallest absolute Gasteiger partial charge is 0.0271 e. The molecule has 0 aliphatic heterocycles. The Morgan fingerprint density at radius 2 is 1.87 bits per heavy atom. The van der Waals surface area contributed by atoms with Crippen molar-refractivity contribution in [3.63, 3.8) is 0 Å². The monoisotopic (exact) mass is 267 g/mol. The molecule has 1 aliphatic rings. The van der Waals surface area contributed by atoms with Crippen LogP contribution in [0.15, 0.2) is 28.7 Å². The largest absolute Gasteiger partial charge is 0.313 e. The van der Waals surface area contributed by atoms with Crippen LogP contribution in [0.5, 0.6) is 0 Å². The quantitative estimate of drug-likeness (QED) is 0.885. The van der Waals surface area contributed by atoms with Gasteiger partial charge in [-0.15, -0.1) is 0 Å². The number of hydrogen-bond donors (Lipinski definition) is 1. The number of rotatable bonds is 3. The first-order chi connectivity index (χ1) is 7.03. The lowest BCUT2D eigenvalue weighted by molar-refractivity contribution is 0.337. The van der Waals surface area contributed by atoms with Crippen LogP contribution in [0.3, 0.4) is 0 Å². The number of halogens is 1. The van der Waals surface area contributed by atoms with Gasteiger partial charge in [-0.1, -0.05) is 48.0 Å². The summed E-state index contributed by atoms with van der Waals surface area (Å²) >= 11 is 3.65. The highest BCUT2D eigenvalue weighted by atomic mass is 79.9. The molecule has 2 rings (SSSR count). The Morgan fingerprint density at radius 3 is 2.33 bits per heavy atom. The van der Waals surface area contributed by atoms with Gasteiger partial charge in [-0.25, -0.2) is 0 Å². The van der Waals surface area contributed by atoms with Crippen LogP contribution in [0.1, 0.15) is 32.3 Å². The van der Waals surface area contributed by atoms with E-state index < -0.39 is 0 Å². The van der Waals surface area contributed by atoms with E-state index >= 15 is 0 Å². The van der Waals surface area contributed by atoms with Crippen LogP contribution < -0.4 is 5.32 Å². The van der Waals surface area contributed by atoms with Gasteiger partial charge in [0.1, 0.15) is 0 Å². The lowest BCUT2D eigenvalue weighted by Gasteiger charge is -2.36. The molecule has 0 atom stereocenters. The molecule has 0 heterocycles. The van der Waals surface area contributed by atoms with Crippen molar-refractivity contribution in [2.45, 2.75) is 37.6 Å². The third-order valence-electron chi connectivity index (χ3n) is 3.97. The first-order valence-electron chi connectivity index (χ1n) is 5.47. The molecule has 1 aromatic rings. The van der Waals surface area contributed by atoms with Gasteiger partial charge < -0.3 is 5.32 Å². The highest BCUT2D eigenvalue weighted by Crippen LogP contribution is 2.52. The Bertz CT molecular complexity index is 367. The minimum Gasteiger partial charge on any atom is -0.313 e. The van der Waals surface area contributed by atoms with E-state index in [0.29, 0.717) is 5.54 Å². The Labute approximate surface area is 100 Å². The summed E-state index contributed by atoms with van der Waals surface area (Å²) in [4.78, 5) is 0. The summed E-state index contributed by atoms with van der Waals surface area (Å²) in [5, 5.41) is 3.50. The minimum atomic E-state index is 0.182. The first kappa shape index (κ1) is 11.2. The van der Waals surface area contributed by atoms with E-state index in [1.165, 1.54) is 22.9 Å². The van der Waals surface area contributed by atoms with Crippen LogP contribution in [0.2, 0.25) is 0 Å². The summed E-state index contributed by atoms with van der Waals surface area (Å²) in [5.41, 5.74) is 1.88. The lowest BCUT2D eigenvalue weighted by atomic mass is 9.75. The third kappa shape index (κ3) is 1.64. The second-order valence-electron chi connectivity index (χ2n) is 4.94. The van der Waals surface area contributed by atoms with Crippen LogP contribution in [-0.4, -0.2) is 12.6 Å². The van der Waals surface area contributed by atoms with E-state index in [2.05, 4.69) is 66.4 Å². The maximum absolute atomic E-state index is 3.65. The number of benzene rings is 1. The van der Waals surface area contributed by atoms with Gasteiger partial charge in [-0.3, -0.25) is 0 Å². The molecule has 2 heteroatoms. The molecule has 0 amide bonds. The van der Waals surface area contributed by atoms with Crippen LogP contribution in [0, 0.1) is 0 Å². The maximum atomic E-state index is 3.65. The highest BCUT2D eigenvalue weighted by Gasteiger charge is 2.54. The molecule has 82 valence electrons. The Balaban J connectivity index is 2.42. The molecule has 1 saturated carbocycles. The second-order valence-corrected chi connectivity index (χ2v) is 5.79. The van der Waals surface area contributed by atoms with E-state index in [4.69, 9.17) is 0 Å². The Kier molecular flexibility index (Phi) is 2.68. The summed E-state index contributed by atoms with van der Waals surface area (Å²) in [7, 11) is 2.07. The number of hydrogen-bond acceptors (Lipinski definition) is 1. The predicted octanol–water partition coefficient (Wildman–Crippen LogP) is 3.48. The molecule has 1 fully saturated rings. The van der Waals surface area contributed by atoms with Gasteiger partial charge in [0.15, 0.2) is 0 Å². The normalized spacial score (nSPS) is 18.9. The van der Waals surface area contributed by atoms with Gasteiger partial charge in [-0.05, 0) is 31.5 Å². The van der Waals surface area contributed by atoms with Crippen molar-refractivity contribution in [3.8, 4) is 0 Å². The fraction of sp³-hybridized carbons (Fsp3) is 0.538. The Hall–Kier alpha value is -0.340. The summed E-state index contributed by atoms with van der Waals surface area (Å²) in [6, 6.07) is 8.54. The molecule has 0 bridgehead atoms. The van der Waals surface area contributed by atoms with Crippen LogP contribution in [-0.2, 0) is 5.41 Å². The van der Waals surface area contributed by atoms with Crippen LogP contribution in [0.4, 0.5) is 0 Å². The lowest BCUT2D eigenvalue weighted by Crippen LogP contribution is -2.45. The molecule has 0 unspecified atom stereocenters. The van der Waals surface area contributed by atoms with E-state index in [0.717, 1.165) is 0 Å². The number of nitrogens with one attached hydrogen (secondary N) is 1. The standard InChI is InChI=1S/C13H18BrN/c1-12(2,13(15-3)8-9-13)10-6-4-5-7-11(10)14/h4-7,15H,8-9H2,1-3H3. The average molecular weight is 268 g/mol. The minimum absolute atomic E-state index is 0.182. The van der Waals surface area contributed by atoms with E-state index in [9.17, 15) is 0 Å². The van der Waals surface area contributed by atoms with Gasteiger partial charge in [-0.2, -0.15) is 0 Å². The van der Waals surface area contributed by atoms with Crippen LogP contribution >= 0.6 is 15.9 Å². The van der Waals surface area contributed by atoms with Crippen molar-refractivity contribution in [1.82, 2.24) is 5.32 Å². The predicted molar refractivity (Wildman–Crippen MR) is 68.2 cm³/mol. The molecular formula is C13H18BrN. The van der Waals surface area contributed by atoms with E-state index in [1.807, 2.05) is 0 Å². The van der Waals surface area contributed by atoms with Crippen molar-refractivity contribution in [2.75, 3.05) is 7.05 Å². The van der Waals surface area contributed by atoms with Crippen molar-refractivity contribution in [1.29, 1.82) is 0 Å². The maximum Gasteiger partial charge on any atom is 0.0271 e. The zero-order chi connectivity index (χ0) is 11.1. The van der Waals surface area contributed by atoms with Crippen molar-refractivity contribution >= 4 is 15.9 Å². The summed E-state index contributed by atoms with van der Waals surface area (Å²) in [6.45, 7) is 4.66. The van der Waals surface area contributed by atoms with Gasteiger partial charge in [0.05, 0.1) is 0 Å². The Morgan fingerprint density at radius 1 is 1.27 bits per heavy atom. The zero-order valence-electron chi connectivity index (χ0n) is 9.60. The topological polar surface area (TPSA) is 12.0 Å². The van der Waals surface area contributed by atoms with Gasteiger partial charge in [0, 0.05) is 15.4 Å². The van der Waals surface area contributed by atoms with Crippen molar-refractivity contribution in [3.05, 3.63) is 34.3 Å². The molecule has 1 N–H and O–H groups in total. The SMILES string of the molecule is CNC1(C(C)(C)c2ccccc2Br)CC1. The van der Waals surface area contributed by atoms with Crippen LogP contribution in [0.25, 0.3) is 0 Å². The molecule has 0 radical (unpaired) electrons. The summed E-state index contributed by atoms with van der Waals surface area (Å²) < 4.78 is 1.22. The van der Waals surface area contributed by atoms with Gasteiger partial charge >= 0.3 is 0 Å².